The number of esters is 1. The van der Waals surface area contributed by atoms with Gasteiger partial charge in [-0.05, 0) is 26.0 Å². The van der Waals surface area contributed by atoms with E-state index < -0.39 is 42.0 Å². The average Bonchev–Trinajstić information content (AvgIpc) is 3.18. The highest BCUT2D eigenvalue weighted by molar-refractivity contribution is 5.90. The number of nitrogens with two attached hydrogens (primary N) is 1. The zero-order valence-corrected chi connectivity index (χ0v) is 16.1. The van der Waals surface area contributed by atoms with Crippen LogP contribution in [0.2, 0.25) is 0 Å². The van der Waals surface area contributed by atoms with E-state index in [1.54, 1.807) is 38.1 Å². The van der Waals surface area contributed by atoms with Crippen molar-refractivity contribution in [1.82, 2.24) is 10.2 Å². The number of ether oxygens (including phenoxy) is 2. The number of primary amides is 1. The number of carbonyl (C=O) groups excluding carboxylic acids is 2. The summed E-state index contributed by atoms with van der Waals surface area (Å²) in [4.78, 5) is 34.6. The van der Waals surface area contributed by atoms with Gasteiger partial charge >= 0.3 is 12.1 Å². The molecule has 1 aromatic rings. The number of aliphatic hydroxyl groups excluding tert-OH is 1. The summed E-state index contributed by atoms with van der Waals surface area (Å²) in [5.41, 5.74) is 4.46. The van der Waals surface area contributed by atoms with Gasteiger partial charge in [0.15, 0.2) is 5.66 Å². The molecule has 1 amide bonds. The number of aliphatic hydroxyl groups is 1. The van der Waals surface area contributed by atoms with E-state index in [1.165, 1.54) is 0 Å². The van der Waals surface area contributed by atoms with Crippen molar-refractivity contribution in [3.63, 3.8) is 0 Å². The zero-order valence-electron chi connectivity index (χ0n) is 16.1. The minimum Gasteiger partial charge on any atom is -0.454 e. The predicted molar refractivity (Wildman–Crippen MR) is 104 cm³/mol. The van der Waals surface area contributed by atoms with E-state index >= 15 is 0 Å². The lowest BCUT2D eigenvalue weighted by atomic mass is 9.88. The monoisotopic (exact) mass is 401 g/mol. The van der Waals surface area contributed by atoms with Crippen LogP contribution in [0.15, 0.2) is 40.3 Å². The van der Waals surface area contributed by atoms with Gasteiger partial charge in [0.25, 0.3) is 0 Å². The minimum absolute atomic E-state index is 0.0629. The fourth-order valence-electron chi connectivity index (χ4n) is 4.39. The lowest BCUT2D eigenvalue weighted by molar-refractivity contribution is -0.0364. The van der Waals surface area contributed by atoms with Gasteiger partial charge < -0.3 is 30.5 Å². The van der Waals surface area contributed by atoms with Crippen LogP contribution in [0.3, 0.4) is 0 Å². The Morgan fingerprint density at radius 3 is 2.72 bits per heavy atom. The lowest BCUT2D eigenvalue weighted by Crippen LogP contribution is -2.71. The molecule has 3 heterocycles. The second-order valence-corrected chi connectivity index (χ2v) is 7.35. The molecule has 1 spiro atoms. The molecule has 154 valence electrons. The standard InChI is InChI=1S/C19H23N5O5/c1-10-21-15-13(9-28-18(20)27)22-11(2)24-8-14(16(25)19(15,24)23-10)29-17(26)12-6-4-3-5-7-12/h3-7,13-16,25H,8-9H2,1-2H3,(H2,20,27)(H,21,23). The summed E-state index contributed by atoms with van der Waals surface area (Å²) < 4.78 is 10.6. The molecule has 0 bridgehead atoms. The van der Waals surface area contributed by atoms with Crippen LogP contribution < -0.4 is 11.1 Å². The fraction of sp³-hybridized carbons (Fsp3) is 0.474. The summed E-state index contributed by atoms with van der Waals surface area (Å²) >= 11 is 0. The molecule has 1 aromatic carbocycles. The minimum atomic E-state index is -1.08. The molecule has 10 heteroatoms. The molecule has 1 fully saturated rings. The van der Waals surface area contributed by atoms with Crippen molar-refractivity contribution in [2.45, 2.75) is 43.8 Å². The Morgan fingerprint density at radius 2 is 2.03 bits per heavy atom. The molecule has 0 aliphatic carbocycles. The Balaban J connectivity index is 1.61. The summed E-state index contributed by atoms with van der Waals surface area (Å²) in [6, 6.07) is 7.54. The predicted octanol–water partition coefficient (Wildman–Crippen LogP) is -0.129. The average molecular weight is 401 g/mol. The highest BCUT2D eigenvalue weighted by Gasteiger charge is 2.65. The zero-order chi connectivity index (χ0) is 20.8. The van der Waals surface area contributed by atoms with Gasteiger partial charge in [-0.15, -0.1) is 0 Å². The van der Waals surface area contributed by atoms with Gasteiger partial charge in [-0.3, -0.25) is 9.98 Å². The van der Waals surface area contributed by atoms with Crippen LogP contribution >= 0.6 is 0 Å². The number of benzene rings is 1. The Morgan fingerprint density at radius 1 is 1.31 bits per heavy atom. The highest BCUT2D eigenvalue weighted by atomic mass is 16.6. The van der Waals surface area contributed by atoms with Gasteiger partial charge in [0.1, 0.15) is 30.9 Å². The van der Waals surface area contributed by atoms with E-state index in [-0.39, 0.29) is 13.2 Å². The van der Waals surface area contributed by atoms with E-state index in [4.69, 9.17) is 15.2 Å². The van der Waals surface area contributed by atoms with E-state index in [0.717, 1.165) is 0 Å². The van der Waals surface area contributed by atoms with Crippen molar-refractivity contribution in [1.29, 1.82) is 0 Å². The molecule has 3 aliphatic rings. The van der Waals surface area contributed by atoms with Gasteiger partial charge in [0, 0.05) is 0 Å². The van der Waals surface area contributed by atoms with Crippen LogP contribution in [0, 0.1) is 0 Å². The van der Waals surface area contributed by atoms with Crippen molar-refractivity contribution in [3.05, 3.63) is 35.9 Å². The molecule has 5 unspecified atom stereocenters. The maximum absolute atomic E-state index is 12.5. The first-order chi connectivity index (χ1) is 13.8. The summed E-state index contributed by atoms with van der Waals surface area (Å²) in [6.07, 6.45) is -2.77. The number of hydrogen-bond acceptors (Lipinski definition) is 9. The van der Waals surface area contributed by atoms with Gasteiger partial charge in [-0.2, -0.15) is 0 Å². The van der Waals surface area contributed by atoms with E-state index in [9.17, 15) is 14.7 Å². The number of aliphatic imine (C=N–C) groups is 2. The number of amides is 1. The first-order valence-corrected chi connectivity index (χ1v) is 9.34. The quantitative estimate of drug-likeness (QED) is 0.597. The third-order valence-electron chi connectivity index (χ3n) is 5.55. The molecular formula is C19H23N5O5. The summed E-state index contributed by atoms with van der Waals surface area (Å²) in [5.74, 6) is 0.721. The molecule has 0 saturated carbocycles. The highest BCUT2D eigenvalue weighted by Crippen LogP contribution is 2.41. The third kappa shape index (κ3) is 3.09. The summed E-state index contributed by atoms with van der Waals surface area (Å²) in [7, 11) is 0. The number of carbonyl (C=O) groups is 2. The molecule has 5 atom stereocenters. The first kappa shape index (κ1) is 19.2. The first-order valence-electron chi connectivity index (χ1n) is 9.34. The molecule has 4 N–H and O–H groups in total. The molecule has 1 saturated heterocycles. The SMILES string of the molecule is CC1=NC2C(COC(N)=O)N=C(C)N3CC(OC(=O)c4ccccc4)C(O)C23N1. The van der Waals surface area contributed by atoms with Crippen LogP contribution in [0.25, 0.3) is 0 Å². The third-order valence-corrected chi connectivity index (χ3v) is 5.55. The van der Waals surface area contributed by atoms with E-state index in [0.29, 0.717) is 17.2 Å². The fourth-order valence-corrected chi connectivity index (χ4v) is 4.39. The Kier molecular flexibility index (Phi) is 4.65. The maximum atomic E-state index is 12.5. The van der Waals surface area contributed by atoms with Gasteiger partial charge in [-0.1, -0.05) is 18.2 Å². The molecule has 0 aromatic heterocycles. The number of nitrogens with one attached hydrogen (secondary N) is 1. The molecule has 0 radical (unpaired) electrons. The van der Waals surface area contributed by atoms with E-state index in [2.05, 4.69) is 15.3 Å². The Labute approximate surface area is 167 Å². The second-order valence-electron chi connectivity index (χ2n) is 7.35. The smallest absolute Gasteiger partial charge is 0.404 e. The second kappa shape index (κ2) is 7.03. The number of hydrogen-bond donors (Lipinski definition) is 3. The lowest BCUT2D eigenvalue weighted by Gasteiger charge is -2.46. The molecule has 3 aliphatic heterocycles. The van der Waals surface area contributed by atoms with Crippen molar-refractivity contribution in [2.75, 3.05) is 13.2 Å². The van der Waals surface area contributed by atoms with Gasteiger partial charge in [0.05, 0.1) is 23.8 Å². The molecular weight excluding hydrogens is 378 g/mol. The van der Waals surface area contributed by atoms with Gasteiger partial charge in [0.2, 0.25) is 0 Å². The number of rotatable bonds is 4. The van der Waals surface area contributed by atoms with Crippen molar-refractivity contribution in [3.8, 4) is 0 Å². The maximum Gasteiger partial charge on any atom is 0.404 e. The van der Waals surface area contributed by atoms with Crippen LogP contribution in [0.1, 0.15) is 24.2 Å². The molecule has 10 nitrogen and oxygen atoms in total. The van der Waals surface area contributed by atoms with Crippen LogP contribution in [-0.2, 0) is 9.47 Å². The van der Waals surface area contributed by atoms with Crippen LogP contribution in [0.5, 0.6) is 0 Å². The largest absolute Gasteiger partial charge is 0.454 e. The van der Waals surface area contributed by atoms with Crippen LogP contribution in [-0.4, -0.2) is 76.8 Å². The molecule has 29 heavy (non-hydrogen) atoms. The van der Waals surface area contributed by atoms with Crippen molar-refractivity contribution >= 4 is 23.7 Å². The number of nitrogens with zero attached hydrogens (tertiary/aromatic N) is 3. The number of amidine groups is 2. The van der Waals surface area contributed by atoms with E-state index in [1.807, 2.05) is 11.0 Å². The Hall–Kier alpha value is -3.14. The normalized spacial score (nSPS) is 32.4. The van der Waals surface area contributed by atoms with Crippen molar-refractivity contribution in [2.24, 2.45) is 15.7 Å². The van der Waals surface area contributed by atoms with Gasteiger partial charge in [-0.25, -0.2) is 9.59 Å². The Bertz CT molecular complexity index is 888. The topological polar surface area (TPSA) is 139 Å². The summed E-state index contributed by atoms with van der Waals surface area (Å²) in [5, 5.41) is 14.5. The van der Waals surface area contributed by atoms with Crippen molar-refractivity contribution < 1.29 is 24.2 Å². The molecule has 4 rings (SSSR count). The van der Waals surface area contributed by atoms with Crippen LogP contribution in [0.4, 0.5) is 4.79 Å². The summed E-state index contributed by atoms with van der Waals surface area (Å²) in [6.45, 7) is 3.76.